The Hall–Kier alpha value is -3.67. The predicted octanol–water partition coefficient (Wildman–Crippen LogP) is 3.58. The molecule has 140 valence electrons. The minimum atomic E-state index is -0.578. The lowest BCUT2D eigenvalue weighted by atomic mass is 10.1. The van der Waals surface area contributed by atoms with Crippen molar-refractivity contribution in [1.82, 2.24) is 4.98 Å². The third-order valence-electron chi connectivity index (χ3n) is 4.57. The van der Waals surface area contributed by atoms with Gasteiger partial charge < -0.3 is 15.4 Å². The van der Waals surface area contributed by atoms with Crippen LogP contribution in [0.3, 0.4) is 0 Å². The van der Waals surface area contributed by atoms with Gasteiger partial charge in [0.05, 0.1) is 0 Å². The summed E-state index contributed by atoms with van der Waals surface area (Å²) in [5.41, 5.74) is 2.85. The minimum absolute atomic E-state index is 0.241. The maximum Gasteiger partial charge on any atom is 0.265 e. The van der Waals surface area contributed by atoms with Gasteiger partial charge in [0, 0.05) is 23.9 Å². The van der Waals surface area contributed by atoms with Crippen molar-refractivity contribution < 1.29 is 14.3 Å². The van der Waals surface area contributed by atoms with Gasteiger partial charge in [-0.25, -0.2) is 4.98 Å². The van der Waals surface area contributed by atoms with Gasteiger partial charge in [-0.15, -0.1) is 0 Å². The first-order chi connectivity index (χ1) is 13.6. The molecule has 0 unspecified atom stereocenters. The van der Waals surface area contributed by atoms with Crippen LogP contribution >= 0.6 is 0 Å². The van der Waals surface area contributed by atoms with Gasteiger partial charge in [0.15, 0.2) is 6.10 Å². The van der Waals surface area contributed by atoms with E-state index in [2.05, 4.69) is 15.6 Å². The van der Waals surface area contributed by atoms with Crippen LogP contribution in [0.4, 0.5) is 11.5 Å². The van der Waals surface area contributed by atoms with Gasteiger partial charge in [0.25, 0.3) is 11.8 Å². The number of para-hydroxylation sites is 1. The fraction of sp³-hybridized carbons (Fsp3) is 0.136. The van der Waals surface area contributed by atoms with Crippen LogP contribution in [0.2, 0.25) is 0 Å². The fourth-order valence-corrected chi connectivity index (χ4v) is 3.09. The van der Waals surface area contributed by atoms with Crippen LogP contribution in [0.15, 0.2) is 66.9 Å². The molecular formula is C22H19N3O3. The number of nitrogens with one attached hydrogen (secondary N) is 2. The number of anilines is 2. The van der Waals surface area contributed by atoms with Gasteiger partial charge >= 0.3 is 0 Å². The molecule has 0 bridgehead atoms. The molecule has 0 saturated carbocycles. The van der Waals surface area contributed by atoms with Gasteiger partial charge in [-0.3, -0.25) is 9.59 Å². The monoisotopic (exact) mass is 373 g/mol. The molecule has 2 aromatic carbocycles. The van der Waals surface area contributed by atoms with Gasteiger partial charge in [-0.1, -0.05) is 30.3 Å². The Bertz CT molecular complexity index is 1020. The summed E-state index contributed by atoms with van der Waals surface area (Å²) in [6, 6.07) is 18.1. The molecule has 3 aromatic rings. The van der Waals surface area contributed by atoms with E-state index in [0.29, 0.717) is 23.5 Å². The summed E-state index contributed by atoms with van der Waals surface area (Å²) < 4.78 is 5.71. The highest BCUT2D eigenvalue weighted by molar-refractivity contribution is 6.05. The summed E-state index contributed by atoms with van der Waals surface area (Å²) in [5, 5.41) is 5.62. The molecule has 28 heavy (non-hydrogen) atoms. The Morgan fingerprint density at radius 2 is 1.89 bits per heavy atom. The molecule has 4 rings (SSSR count). The number of pyridine rings is 1. The second-order valence-electron chi connectivity index (χ2n) is 6.61. The van der Waals surface area contributed by atoms with Gasteiger partial charge in [0.2, 0.25) is 0 Å². The first-order valence-corrected chi connectivity index (χ1v) is 8.98. The third kappa shape index (κ3) is 3.71. The topological polar surface area (TPSA) is 80.3 Å². The predicted molar refractivity (Wildman–Crippen MR) is 107 cm³/mol. The fourth-order valence-electron chi connectivity index (χ4n) is 3.09. The van der Waals surface area contributed by atoms with Crippen molar-refractivity contribution in [2.45, 2.75) is 19.4 Å². The number of hydrogen-bond donors (Lipinski definition) is 2. The van der Waals surface area contributed by atoms with E-state index in [-0.39, 0.29) is 11.8 Å². The molecule has 0 radical (unpaired) electrons. The Labute approximate surface area is 162 Å². The highest BCUT2D eigenvalue weighted by Gasteiger charge is 2.28. The van der Waals surface area contributed by atoms with Crippen molar-refractivity contribution in [2.75, 3.05) is 10.6 Å². The Balaban J connectivity index is 1.43. The normalized spacial score (nSPS) is 14.7. The number of rotatable bonds is 4. The van der Waals surface area contributed by atoms with E-state index in [9.17, 15) is 9.59 Å². The largest absolute Gasteiger partial charge is 0.480 e. The average molecular weight is 373 g/mol. The molecule has 0 spiro atoms. The van der Waals surface area contributed by atoms with Crippen LogP contribution in [0.25, 0.3) is 0 Å². The van der Waals surface area contributed by atoms with E-state index >= 15 is 0 Å². The van der Waals surface area contributed by atoms with Crippen LogP contribution in [0.1, 0.15) is 21.5 Å². The van der Waals surface area contributed by atoms with Crippen molar-refractivity contribution in [3.05, 3.63) is 83.6 Å². The second kappa shape index (κ2) is 7.52. The molecule has 2 amide bonds. The van der Waals surface area contributed by atoms with E-state index in [1.165, 1.54) is 0 Å². The van der Waals surface area contributed by atoms with Crippen LogP contribution in [0, 0.1) is 6.92 Å². The molecule has 1 aliphatic heterocycles. The van der Waals surface area contributed by atoms with Gasteiger partial charge in [-0.2, -0.15) is 0 Å². The van der Waals surface area contributed by atoms with Crippen molar-refractivity contribution in [2.24, 2.45) is 0 Å². The zero-order chi connectivity index (χ0) is 19.5. The summed E-state index contributed by atoms with van der Waals surface area (Å²) in [6.07, 6.45) is 1.58. The Morgan fingerprint density at radius 1 is 1.04 bits per heavy atom. The SMILES string of the molecule is Cc1cccnc1NC(=O)c1cccc(NC(=O)[C@H]2Cc3ccccc3O2)c1. The molecule has 0 saturated heterocycles. The summed E-state index contributed by atoms with van der Waals surface area (Å²) in [6.45, 7) is 1.87. The lowest BCUT2D eigenvalue weighted by Gasteiger charge is -2.12. The summed E-state index contributed by atoms with van der Waals surface area (Å²) in [4.78, 5) is 29.2. The molecule has 6 nitrogen and oxygen atoms in total. The lowest BCUT2D eigenvalue weighted by molar-refractivity contribution is -0.122. The first kappa shape index (κ1) is 17.7. The van der Waals surface area contributed by atoms with Crippen molar-refractivity contribution >= 4 is 23.3 Å². The number of amides is 2. The second-order valence-corrected chi connectivity index (χ2v) is 6.61. The molecular weight excluding hydrogens is 354 g/mol. The summed E-state index contributed by atoms with van der Waals surface area (Å²) in [5.74, 6) is 0.720. The Kier molecular flexibility index (Phi) is 4.76. The molecule has 0 fully saturated rings. The molecule has 1 atom stereocenters. The third-order valence-corrected chi connectivity index (χ3v) is 4.57. The quantitative estimate of drug-likeness (QED) is 0.732. The van der Waals surface area contributed by atoms with Crippen LogP contribution in [-0.4, -0.2) is 22.9 Å². The number of ether oxygens (including phenoxy) is 1. The van der Waals surface area contributed by atoms with E-state index in [1.54, 1.807) is 30.5 Å². The summed E-state index contributed by atoms with van der Waals surface area (Å²) in [7, 11) is 0. The maximum atomic E-state index is 12.6. The number of hydrogen-bond acceptors (Lipinski definition) is 4. The molecule has 2 heterocycles. The number of carbonyl (C=O) groups is 2. The molecule has 6 heteroatoms. The van der Waals surface area contributed by atoms with E-state index in [4.69, 9.17) is 4.74 Å². The van der Waals surface area contributed by atoms with Crippen LogP contribution in [-0.2, 0) is 11.2 Å². The number of aromatic nitrogens is 1. The molecule has 0 aliphatic carbocycles. The van der Waals surface area contributed by atoms with Crippen molar-refractivity contribution in [3.8, 4) is 5.75 Å². The smallest absolute Gasteiger partial charge is 0.265 e. The first-order valence-electron chi connectivity index (χ1n) is 8.98. The van der Waals surface area contributed by atoms with Crippen molar-refractivity contribution in [3.63, 3.8) is 0 Å². The van der Waals surface area contributed by atoms with Crippen LogP contribution in [0.5, 0.6) is 5.75 Å². The number of carbonyl (C=O) groups excluding carboxylic acids is 2. The zero-order valence-electron chi connectivity index (χ0n) is 15.3. The number of aryl methyl sites for hydroxylation is 1. The number of nitrogens with zero attached hydrogens (tertiary/aromatic N) is 1. The Morgan fingerprint density at radius 3 is 2.71 bits per heavy atom. The molecule has 2 N–H and O–H groups in total. The zero-order valence-corrected chi connectivity index (χ0v) is 15.3. The summed E-state index contributed by atoms with van der Waals surface area (Å²) >= 11 is 0. The van der Waals surface area contributed by atoms with Crippen LogP contribution < -0.4 is 15.4 Å². The van der Waals surface area contributed by atoms with E-state index < -0.39 is 6.10 Å². The minimum Gasteiger partial charge on any atom is -0.480 e. The van der Waals surface area contributed by atoms with Crippen molar-refractivity contribution in [1.29, 1.82) is 0 Å². The molecule has 1 aliphatic rings. The highest BCUT2D eigenvalue weighted by Crippen LogP contribution is 2.28. The number of benzene rings is 2. The average Bonchev–Trinajstić information content (AvgIpc) is 3.14. The number of fused-ring (bicyclic) bond motifs is 1. The van der Waals surface area contributed by atoms with Gasteiger partial charge in [0.1, 0.15) is 11.6 Å². The standard InChI is InChI=1S/C22H19N3O3/c1-14-6-5-11-23-20(14)25-21(26)16-8-4-9-17(12-16)24-22(27)19-13-15-7-2-3-10-18(15)28-19/h2-12,19H,13H2,1H3,(H,24,27)(H,23,25,26)/t19-/m1/s1. The van der Waals surface area contributed by atoms with Gasteiger partial charge in [-0.05, 0) is 48.4 Å². The molecule has 1 aromatic heterocycles. The highest BCUT2D eigenvalue weighted by atomic mass is 16.5. The van der Waals surface area contributed by atoms with E-state index in [0.717, 1.165) is 16.9 Å². The maximum absolute atomic E-state index is 12.6. The van der Waals surface area contributed by atoms with E-state index in [1.807, 2.05) is 43.3 Å². The lowest BCUT2D eigenvalue weighted by Crippen LogP contribution is -2.31.